The van der Waals surface area contributed by atoms with Crippen molar-refractivity contribution in [1.29, 1.82) is 0 Å². The SMILES string of the molecule is CC(C)CNCCCC(C)N(C)C(C)C1CC1. The van der Waals surface area contributed by atoms with E-state index in [1.807, 2.05) is 0 Å². The van der Waals surface area contributed by atoms with E-state index in [-0.39, 0.29) is 0 Å². The van der Waals surface area contributed by atoms with E-state index >= 15 is 0 Å². The van der Waals surface area contributed by atoms with Crippen LogP contribution in [0, 0.1) is 11.8 Å². The maximum absolute atomic E-state index is 3.52. The zero-order chi connectivity index (χ0) is 12.8. The molecule has 1 fully saturated rings. The topological polar surface area (TPSA) is 15.3 Å². The zero-order valence-electron chi connectivity index (χ0n) is 12.5. The third-order valence-corrected chi connectivity index (χ3v) is 4.17. The Morgan fingerprint density at radius 2 is 1.82 bits per heavy atom. The van der Waals surface area contributed by atoms with E-state index < -0.39 is 0 Å². The molecule has 0 spiro atoms. The molecule has 0 bridgehead atoms. The highest BCUT2D eigenvalue weighted by Gasteiger charge is 2.31. The minimum absolute atomic E-state index is 0.728. The summed E-state index contributed by atoms with van der Waals surface area (Å²) in [5.74, 6) is 1.76. The first-order valence-electron chi connectivity index (χ1n) is 7.45. The van der Waals surface area contributed by atoms with E-state index in [0.717, 1.165) is 30.5 Å². The fraction of sp³-hybridized carbons (Fsp3) is 1.00. The molecule has 2 heteroatoms. The highest BCUT2D eigenvalue weighted by atomic mass is 15.2. The van der Waals surface area contributed by atoms with Crippen LogP contribution in [-0.4, -0.2) is 37.1 Å². The molecule has 2 atom stereocenters. The molecule has 1 N–H and O–H groups in total. The van der Waals surface area contributed by atoms with Gasteiger partial charge in [0.15, 0.2) is 0 Å². The second kappa shape index (κ2) is 7.38. The van der Waals surface area contributed by atoms with Gasteiger partial charge in [0.2, 0.25) is 0 Å². The lowest BCUT2D eigenvalue weighted by molar-refractivity contribution is 0.168. The average Bonchev–Trinajstić information content (AvgIpc) is 3.09. The molecule has 102 valence electrons. The van der Waals surface area contributed by atoms with Crippen LogP contribution in [-0.2, 0) is 0 Å². The molecule has 1 aliphatic rings. The maximum Gasteiger partial charge on any atom is 0.00949 e. The van der Waals surface area contributed by atoms with Gasteiger partial charge in [0, 0.05) is 12.1 Å². The van der Waals surface area contributed by atoms with Crippen LogP contribution in [0.15, 0.2) is 0 Å². The highest BCUT2D eigenvalue weighted by molar-refractivity contribution is 4.85. The lowest BCUT2D eigenvalue weighted by Gasteiger charge is -2.31. The second-order valence-electron chi connectivity index (χ2n) is 6.33. The van der Waals surface area contributed by atoms with Crippen LogP contribution < -0.4 is 5.32 Å². The van der Waals surface area contributed by atoms with E-state index in [1.165, 1.54) is 32.2 Å². The number of hydrogen-bond acceptors (Lipinski definition) is 2. The van der Waals surface area contributed by atoms with Crippen molar-refractivity contribution in [2.75, 3.05) is 20.1 Å². The van der Waals surface area contributed by atoms with Crippen molar-refractivity contribution in [1.82, 2.24) is 10.2 Å². The Morgan fingerprint density at radius 1 is 1.18 bits per heavy atom. The van der Waals surface area contributed by atoms with Gasteiger partial charge in [-0.1, -0.05) is 13.8 Å². The van der Waals surface area contributed by atoms with Gasteiger partial charge in [-0.3, -0.25) is 0 Å². The van der Waals surface area contributed by atoms with Gasteiger partial charge in [0.1, 0.15) is 0 Å². The monoisotopic (exact) mass is 240 g/mol. The normalized spacial score (nSPS) is 19.9. The van der Waals surface area contributed by atoms with Gasteiger partial charge in [-0.05, 0) is 71.5 Å². The summed E-state index contributed by atoms with van der Waals surface area (Å²) >= 11 is 0. The van der Waals surface area contributed by atoms with Gasteiger partial charge >= 0.3 is 0 Å². The molecule has 0 saturated heterocycles. The van der Waals surface area contributed by atoms with Crippen molar-refractivity contribution >= 4 is 0 Å². The quantitative estimate of drug-likeness (QED) is 0.623. The van der Waals surface area contributed by atoms with Gasteiger partial charge in [-0.25, -0.2) is 0 Å². The lowest BCUT2D eigenvalue weighted by atomic mass is 10.1. The summed E-state index contributed by atoms with van der Waals surface area (Å²) in [7, 11) is 2.30. The first kappa shape index (κ1) is 15.0. The molecule has 1 aliphatic carbocycles. The van der Waals surface area contributed by atoms with Crippen LogP contribution in [0.2, 0.25) is 0 Å². The Labute approximate surface area is 108 Å². The van der Waals surface area contributed by atoms with E-state index in [2.05, 4.69) is 45.0 Å². The first-order valence-corrected chi connectivity index (χ1v) is 7.45. The van der Waals surface area contributed by atoms with Crippen LogP contribution in [0.1, 0.15) is 53.4 Å². The van der Waals surface area contributed by atoms with Crippen LogP contribution in [0.3, 0.4) is 0 Å². The summed E-state index contributed by atoms with van der Waals surface area (Å²) < 4.78 is 0. The van der Waals surface area contributed by atoms with Gasteiger partial charge in [0.25, 0.3) is 0 Å². The summed E-state index contributed by atoms with van der Waals surface area (Å²) in [5, 5.41) is 3.52. The Balaban J connectivity index is 2.05. The van der Waals surface area contributed by atoms with Gasteiger partial charge in [-0.15, -0.1) is 0 Å². The largest absolute Gasteiger partial charge is 0.316 e. The van der Waals surface area contributed by atoms with E-state index in [9.17, 15) is 0 Å². The molecular weight excluding hydrogens is 208 g/mol. The molecule has 17 heavy (non-hydrogen) atoms. The van der Waals surface area contributed by atoms with E-state index in [1.54, 1.807) is 0 Å². The predicted molar refractivity (Wildman–Crippen MR) is 76.4 cm³/mol. The highest BCUT2D eigenvalue weighted by Crippen LogP contribution is 2.35. The average molecular weight is 240 g/mol. The fourth-order valence-corrected chi connectivity index (χ4v) is 2.43. The Kier molecular flexibility index (Phi) is 6.50. The summed E-state index contributed by atoms with van der Waals surface area (Å²) in [6.07, 6.45) is 5.52. The van der Waals surface area contributed by atoms with Crippen LogP contribution >= 0.6 is 0 Å². The van der Waals surface area contributed by atoms with Crippen LogP contribution in [0.25, 0.3) is 0 Å². The molecule has 0 radical (unpaired) electrons. The fourth-order valence-electron chi connectivity index (χ4n) is 2.43. The molecule has 0 aromatic heterocycles. The Bertz CT molecular complexity index is 199. The number of rotatable bonds is 9. The second-order valence-corrected chi connectivity index (χ2v) is 6.33. The van der Waals surface area contributed by atoms with Crippen LogP contribution in [0.5, 0.6) is 0 Å². The third-order valence-electron chi connectivity index (χ3n) is 4.17. The Hall–Kier alpha value is -0.0800. The van der Waals surface area contributed by atoms with Crippen molar-refractivity contribution in [3.63, 3.8) is 0 Å². The maximum atomic E-state index is 3.52. The molecule has 0 aromatic carbocycles. The lowest BCUT2D eigenvalue weighted by Crippen LogP contribution is -2.38. The zero-order valence-corrected chi connectivity index (χ0v) is 12.5. The molecule has 0 aliphatic heterocycles. The molecular formula is C15H32N2. The summed E-state index contributed by atoms with van der Waals surface area (Å²) in [6, 6.07) is 1.51. The van der Waals surface area contributed by atoms with Crippen molar-refractivity contribution < 1.29 is 0 Å². The predicted octanol–water partition coefficient (Wildman–Crippen LogP) is 3.13. The molecule has 2 unspecified atom stereocenters. The van der Waals surface area contributed by atoms with Gasteiger partial charge < -0.3 is 10.2 Å². The smallest absolute Gasteiger partial charge is 0.00949 e. The molecule has 1 saturated carbocycles. The van der Waals surface area contributed by atoms with Crippen LogP contribution in [0.4, 0.5) is 0 Å². The summed E-state index contributed by atoms with van der Waals surface area (Å²) in [5.41, 5.74) is 0. The van der Waals surface area contributed by atoms with Gasteiger partial charge in [0.05, 0.1) is 0 Å². The number of nitrogens with zero attached hydrogens (tertiary/aromatic N) is 1. The first-order chi connectivity index (χ1) is 8.02. The van der Waals surface area contributed by atoms with E-state index in [0.29, 0.717) is 0 Å². The van der Waals surface area contributed by atoms with Crippen molar-refractivity contribution in [2.45, 2.75) is 65.5 Å². The van der Waals surface area contributed by atoms with Crippen molar-refractivity contribution in [3.05, 3.63) is 0 Å². The standard InChI is InChI=1S/C15H32N2/c1-12(2)11-16-10-6-7-13(3)17(5)14(4)15-8-9-15/h12-16H,6-11H2,1-5H3. The summed E-state index contributed by atoms with van der Waals surface area (Å²) in [6.45, 7) is 11.6. The summed E-state index contributed by atoms with van der Waals surface area (Å²) in [4.78, 5) is 2.58. The third kappa shape index (κ3) is 5.87. The number of nitrogens with one attached hydrogen (secondary N) is 1. The molecule has 0 heterocycles. The molecule has 2 nitrogen and oxygen atoms in total. The minimum atomic E-state index is 0.728. The molecule has 0 aromatic rings. The van der Waals surface area contributed by atoms with E-state index in [4.69, 9.17) is 0 Å². The van der Waals surface area contributed by atoms with Crippen molar-refractivity contribution in [3.8, 4) is 0 Å². The molecule has 0 amide bonds. The minimum Gasteiger partial charge on any atom is -0.316 e. The van der Waals surface area contributed by atoms with Gasteiger partial charge in [-0.2, -0.15) is 0 Å². The van der Waals surface area contributed by atoms with Crippen molar-refractivity contribution in [2.24, 2.45) is 11.8 Å². The number of hydrogen-bond donors (Lipinski definition) is 1. The molecule has 1 rings (SSSR count). The Morgan fingerprint density at radius 3 is 2.35 bits per heavy atom.